The Morgan fingerprint density at radius 3 is 2.07 bits per heavy atom. The highest BCUT2D eigenvalue weighted by atomic mass is 79.9. The molecule has 0 amide bonds. The minimum Gasteiger partial charge on any atom is -0.334 e. The molecule has 0 saturated heterocycles. The molecule has 1 aliphatic rings. The predicted molar refractivity (Wildman–Crippen MR) is 110 cm³/mol. The van der Waals surface area contributed by atoms with Crippen molar-refractivity contribution in [3.05, 3.63) is 93.9 Å². The van der Waals surface area contributed by atoms with E-state index in [1.807, 2.05) is 13.8 Å². The first kappa shape index (κ1) is 22.9. The average Bonchev–Trinajstić information content (AvgIpc) is 2.68. The lowest BCUT2D eigenvalue weighted by atomic mass is 9.94. The summed E-state index contributed by atoms with van der Waals surface area (Å²) in [5, 5.41) is 0. The van der Waals surface area contributed by atoms with Crippen LogP contribution in [0.4, 0.5) is 22.0 Å². The lowest BCUT2D eigenvalue weighted by molar-refractivity contribution is 0.123. The minimum absolute atomic E-state index is 0.119. The minimum atomic E-state index is -2.79. The zero-order valence-electron chi connectivity index (χ0n) is 15.8. The number of nitrogens with zero attached hydrogens (tertiary/aromatic N) is 1. The maximum Gasteiger partial charge on any atom is 0.256 e. The molecular weight excluding hydrogens is 453 g/mol. The van der Waals surface area contributed by atoms with Crippen LogP contribution in [0.15, 0.2) is 65.3 Å². The molecule has 1 heterocycles. The van der Waals surface area contributed by atoms with Gasteiger partial charge in [0.25, 0.3) is 6.43 Å². The van der Waals surface area contributed by atoms with Gasteiger partial charge in [0.15, 0.2) is 0 Å². The molecule has 0 atom stereocenters. The van der Waals surface area contributed by atoms with Gasteiger partial charge in [-0.1, -0.05) is 50.8 Å². The van der Waals surface area contributed by atoms with Gasteiger partial charge in [-0.05, 0) is 27.6 Å². The number of rotatable bonds is 4. The smallest absolute Gasteiger partial charge is 0.256 e. The molecule has 0 fully saturated rings. The summed E-state index contributed by atoms with van der Waals surface area (Å²) in [6.45, 7) is 6.91. The number of benzene rings is 2. The van der Waals surface area contributed by atoms with Crippen molar-refractivity contribution in [2.75, 3.05) is 6.54 Å². The summed E-state index contributed by atoms with van der Waals surface area (Å²) < 4.78 is 69.3. The van der Waals surface area contributed by atoms with Gasteiger partial charge in [-0.2, -0.15) is 0 Å². The van der Waals surface area contributed by atoms with Crippen LogP contribution in [0.3, 0.4) is 0 Å². The first-order valence-electron chi connectivity index (χ1n) is 8.86. The third-order valence-electron chi connectivity index (χ3n) is 4.05. The van der Waals surface area contributed by atoms with E-state index in [0.29, 0.717) is 27.8 Å². The van der Waals surface area contributed by atoms with E-state index in [2.05, 4.69) is 22.5 Å². The molecule has 1 aliphatic heterocycles. The molecule has 0 spiro atoms. The monoisotopic (exact) mass is 471 g/mol. The summed E-state index contributed by atoms with van der Waals surface area (Å²) in [5.41, 5.74) is 0.255. The topological polar surface area (TPSA) is 3.24 Å². The molecule has 0 radical (unpaired) electrons. The lowest BCUT2D eigenvalue weighted by Crippen LogP contribution is -2.30. The van der Waals surface area contributed by atoms with Crippen LogP contribution in [0.2, 0.25) is 0 Å². The van der Waals surface area contributed by atoms with Crippen molar-refractivity contribution >= 4 is 27.2 Å². The molecule has 2 aromatic rings. The Morgan fingerprint density at radius 1 is 1.00 bits per heavy atom. The van der Waals surface area contributed by atoms with Crippen LogP contribution >= 0.6 is 15.9 Å². The highest BCUT2D eigenvalue weighted by Crippen LogP contribution is 2.42. The van der Waals surface area contributed by atoms with Gasteiger partial charge < -0.3 is 4.90 Å². The molecule has 0 unspecified atom stereocenters. The lowest BCUT2D eigenvalue weighted by Gasteiger charge is -2.34. The molecule has 0 aromatic heterocycles. The number of hydrogen-bond acceptors (Lipinski definition) is 1. The quantitative estimate of drug-likeness (QED) is 0.420. The summed E-state index contributed by atoms with van der Waals surface area (Å²) >= 11 is 3.26. The molecule has 2 aromatic carbocycles. The number of alkyl halides is 2. The van der Waals surface area contributed by atoms with E-state index >= 15 is 0 Å². The van der Waals surface area contributed by atoms with Gasteiger partial charge in [-0.25, -0.2) is 22.0 Å². The molecule has 0 saturated carbocycles. The molecule has 29 heavy (non-hydrogen) atoms. The fourth-order valence-electron chi connectivity index (χ4n) is 2.90. The molecule has 3 rings (SSSR count). The maximum atomic E-state index is 14.5. The molecule has 0 N–H and O–H groups in total. The van der Waals surface area contributed by atoms with Crippen LogP contribution in [0.1, 0.15) is 25.0 Å². The Morgan fingerprint density at radius 2 is 1.55 bits per heavy atom. The maximum absolute atomic E-state index is 14.5. The molecule has 154 valence electrons. The van der Waals surface area contributed by atoms with Crippen LogP contribution in [0, 0.1) is 17.5 Å². The standard InChI is InChI=1S/C20H13BrF5N.C2H6/c1-11-15(21)9-14(12-5-3-2-4-6-12)20(27(11)10-18(25)26)19-16(23)7-13(22)8-17(19)24;1-2/h2-9,18H,1,10H2;1-2H3. The van der Waals surface area contributed by atoms with E-state index in [-0.39, 0.29) is 11.4 Å². The number of allylic oxidation sites excluding steroid dienone is 3. The second-order valence-electron chi connectivity index (χ2n) is 5.81. The fourth-order valence-corrected chi connectivity index (χ4v) is 3.35. The zero-order chi connectivity index (χ0) is 21.7. The normalized spacial score (nSPS) is 14.0. The van der Waals surface area contributed by atoms with Gasteiger partial charge in [0.1, 0.15) is 17.5 Å². The molecule has 7 heteroatoms. The Balaban J connectivity index is 0.00000145. The third-order valence-corrected chi connectivity index (χ3v) is 4.73. The Hall–Kier alpha value is -2.41. The van der Waals surface area contributed by atoms with Crippen LogP contribution in [-0.2, 0) is 0 Å². The van der Waals surface area contributed by atoms with Crippen LogP contribution in [-0.4, -0.2) is 17.9 Å². The average molecular weight is 472 g/mol. The Labute approximate surface area is 175 Å². The van der Waals surface area contributed by atoms with E-state index in [9.17, 15) is 22.0 Å². The van der Waals surface area contributed by atoms with E-state index in [1.165, 1.54) is 0 Å². The van der Waals surface area contributed by atoms with Crippen molar-refractivity contribution in [2.45, 2.75) is 20.3 Å². The van der Waals surface area contributed by atoms with E-state index in [1.54, 1.807) is 36.4 Å². The van der Waals surface area contributed by atoms with E-state index < -0.39 is 36.0 Å². The SMILES string of the molecule is C=C1C(Br)=CC(c2ccccc2)=C(c2c(F)cc(F)cc2F)N1CC(F)F.CC. The Kier molecular flexibility index (Phi) is 7.79. The van der Waals surface area contributed by atoms with E-state index in [4.69, 9.17) is 0 Å². The number of hydrogen-bond donors (Lipinski definition) is 0. The molecular formula is C22H19BrF5N. The van der Waals surface area contributed by atoms with Gasteiger partial charge in [-0.15, -0.1) is 0 Å². The van der Waals surface area contributed by atoms with Gasteiger partial charge in [0.05, 0.1) is 17.8 Å². The highest BCUT2D eigenvalue weighted by molar-refractivity contribution is 9.12. The van der Waals surface area contributed by atoms with Crippen molar-refractivity contribution < 1.29 is 22.0 Å². The fraction of sp³-hybridized carbons (Fsp3) is 0.182. The third kappa shape index (κ3) is 4.96. The molecule has 1 nitrogen and oxygen atoms in total. The highest BCUT2D eigenvalue weighted by Gasteiger charge is 2.31. The van der Waals surface area contributed by atoms with Crippen LogP contribution in [0.25, 0.3) is 11.3 Å². The number of halogens is 6. The van der Waals surface area contributed by atoms with Gasteiger partial charge in [0.2, 0.25) is 0 Å². The summed E-state index contributed by atoms with van der Waals surface area (Å²) in [4.78, 5) is 1.04. The van der Waals surface area contributed by atoms with Crippen molar-refractivity contribution in [2.24, 2.45) is 0 Å². The second kappa shape index (κ2) is 9.87. The van der Waals surface area contributed by atoms with Gasteiger partial charge in [-0.3, -0.25) is 0 Å². The first-order valence-corrected chi connectivity index (χ1v) is 9.65. The summed E-state index contributed by atoms with van der Waals surface area (Å²) in [5.74, 6) is -3.47. The van der Waals surface area contributed by atoms with Crippen molar-refractivity contribution in [1.82, 2.24) is 4.90 Å². The summed E-state index contributed by atoms with van der Waals surface area (Å²) in [6.07, 6.45) is -1.24. The van der Waals surface area contributed by atoms with Crippen molar-refractivity contribution in [3.63, 3.8) is 0 Å². The van der Waals surface area contributed by atoms with Crippen molar-refractivity contribution in [3.8, 4) is 0 Å². The van der Waals surface area contributed by atoms with E-state index in [0.717, 1.165) is 4.90 Å². The van der Waals surface area contributed by atoms with Crippen LogP contribution in [0.5, 0.6) is 0 Å². The summed E-state index contributed by atoms with van der Waals surface area (Å²) in [6, 6.07) is 9.57. The van der Waals surface area contributed by atoms with Gasteiger partial charge in [0, 0.05) is 27.9 Å². The van der Waals surface area contributed by atoms with Gasteiger partial charge >= 0.3 is 0 Å². The van der Waals surface area contributed by atoms with Crippen LogP contribution < -0.4 is 0 Å². The second-order valence-corrected chi connectivity index (χ2v) is 6.67. The predicted octanol–water partition coefficient (Wildman–Crippen LogP) is 7.37. The Bertz CT molecular complexity index is 928. The zero-order valence-corrected chi connectivity index (χ0v) is 17.4. The summed E-state index contributed by atoms with van der Waals surface area (Å²) in [7, 11) is 0. The first-order chi connectivity index (χ1) is 13.8. The van der Waals surface area contributed by atoms with Crippen molar-refractivity contribution in [1.29, 1.82) is 0 Å². The largest absolute Gasteiger partial charge is 0.334 e. The molecule has 0 aliphatic carbocycles. The molecule has 0 bridgehead atoms.